The van der Waals surface area contributed by atoms with E-state index < -0.39 is 29.6 Å². The lowest BCUT2D eigenvalue weighted by atomic mass is 9.74. The van der Waals surface area contributed by atoms with Crippen LogP contribution in [0.5, 0.6) is 0 Å². The Bertz CT molecular complexity index is 1060. The Morgan fingerprint density at radius 1 is 1.06 bits per heavy atom. The van der Waals surface area contributed by atoms with Crippen molar-refractivity contribution in [3.05, 3.63) is 59.7 Å². The van der Waals surface area contributed by atoms with Gasteiger partial charge in [-0.2, -0.15) is 0 Å². The fraction of sp³-hybridized carbons (Fsp3) is 0.444. The quantitative estimate of drug-likeness (QED) is 0.638. The molecule has 7 heteroatoms. The zero-order valence-corrected chi connectivity index (χ0v) is 20.1. The maximum atomic E-state index is 12.8. The van der Waals surface area contributed by atoms with Gasteiger partial charge >= 0.3 is 12.1 Å². The van der Waals surface area contributed by atoms with Crippen LogP contribution < -0.4 is 5.32 Å². The molecule has 2 aromatic carbocycles. The van der Waals surface area contributed by atoms with Crippen molar-refractivity contribution >= 4 is 18.0 Å². The average molecular weight is 465 g/mol. The van der Waals surface area contributed by atoms with Gasteiger partial charge in [-0.25, -0.2) is 9.59 Å². The highest BCUT2D eigenvalue weighted by Crippen LogP contribution is 2.44. The monoisotopic (exact) mass is 464 g/mol. The zero-order chi connectivity index (χ0) is 24.6. The van der Waals surface area contributed by atoms with Gasteiger partial charge in [-0.05, 0) is 28.2 Å². The summed E-state index contributed by atoms with van der Waals surface area (Å²) in [4.78, 5) is 38.5. The number of alkyl carbamates (subject to hydrolysis) is 1. The summed E-state index contributed by atoms with van der Waals surface area (Å²) in [6.45, 7) is 8.08. The number of hydrogen-bond donors (Lipinski definition) is 2. The van der Waals surface area contributed by atoms with Gasteiger partial charge in [-0.3, -0.25) is 4.79 Å². The van der Waals surface area contributed by atoms with Crippen LogP contribution in [0.15, 0.2) is 48.5 Å². The van der Waals surface area contributed by atoms with Crippen LogP contribution >= 0.6 is 0 Å². The summed E-state index contributed by atoms with van der Waals surface area (Å²) in [5.41, 5.74) is 4.11. The van der Waals surface area contributed by atoms with Gasteiger partial charge in [-0.15, -0.1) is 0 Å². The van der Waals surface area contributed by atoms with Crippen LogP contribution in [0.2, 0.25) is 0 Å². The van der Waals surface area contributed by atoms with Crippen LogP contribution in [0.3, 0.4) is 0 Å². The van der Waals surface area contributed by atoms with Crippen LogP contribution in [-0.2, 0) is 14.3 Å². The van der Waals surface area contributed by atoms with Crippen molar-refractivity contribution in [2.45, 2.75) is 52.1 Å². The lowest BCUT2D eigenvalue weighted by Crippen LogP contribution is -2.67. The lowest BCUT2D eigenvalue weighted by Gasteiger charge is -2.52. The number of carbonyl (C=O) groups excluding carboxylic acids is 2. The van der Waals surface area contributed by atoms with Crippen LogP contribution in [-0.4, -0.2) is 53.2 Å². The van der Waals surface area contributed by atoms with Crippen molar-refractivity contribution in [1.82, 2.24) is 10.2 Å². The Balaban J connectivity index is 1.38. The topological polar surface area (TPSA) is 95.9 Å². The van der Waals surface area contributed by atoms with E-state index in [1.165, 1.54) is 4.90 Å². The van der Waals surface area contributed by atoms with Crippen LogP contribution in [0, 0.1) is 11.3 Å². The van der Waals surface area contributed by atoms with E-state index >= 15 is 0 Å². The van der Waals surface area contributed by atoms with E-state index in [4.69, 9.17) is 4.74 Å². The molecule has 2 atom stereocenters. The molecule has 1 saturated heterocycles. The van der Waals surface area contributed by atoms with Crippen LogP contribution in [0.1, 0.15) is 51.2 Å². The Kier molecular flexibility index (Phi) is 6.39. The Hall–Kier alpha value is -3.35. The molecule has 0 aromatic heterocycles. The minimum absolute atomic E-state index is 0.0259. The highest BCUT2D eigenvalue weighted by atomic mass is 16.5. The first kappa shape index (κ1) is 23.8. The van der Waals surface area contributed by atoms with Gasteiger partial charge in [0, 0.05) is 30.3 Å². The molecule has 0 bridgehead atoms. The van der Waals surface area contributed by atoms with E-state index in [1.54, 1.807) is 0 Å². The number of fused-ring (bicyclic) bond motifs is 3. The molecule has 1 unspecified atom stereocenters. The van der Waals surface area contributed by atoms with Crippen molar-refractivity contribution in [1.29, 1.82) is 0 Å². The standard InChI is InChI=1S/C27H32N2O5/c1-16(2)22(13-23(30)29-15-27(3,4)24(29)25(31)32)28-26(33)34-14-21-19-11-7-5-9-17(19)18-10-6-8-12-20(18)21/h5-12,16,21-22,24H,13-15H2,1-4H3,(H,28,33)(H,31,32)/t22-,24?/m0/s1. The number of carboxylic acid groups (broad SMARTS) is 1. The maximum absolute atomic E-state index is 12.8. The summed E-state index contributed by atoms with van der Waals surface area (Å²) >= 11 is 0. The number of nitrogens with zero attached hydrogens (tertiary/aromatic N) is 1. The molecule has 0 saturated carbocycles. The maximum Gasteiger partial charge on any atom is 0.407 e. The number of carbonyl (C=O) groups is 3. The number of nitrogens with one attached hydrogen (secondary N) is 1. The minimum Gasteiger partial charge on any atom is -0.480 e. The number of hydrogen-bond acceptors (Lipinski definition) is 4. The molecule has 7 nitrogen and oxygen atoms in total. The summed E-state index contributed by atoms with van der Waals surface area (Å²) in [5, 5.41) is 12.3. The Morgan fingerprint density at radius 3 is 2.12 bits per heavy atom. The van der Waals surface area contributed by atoms with Crippen molar-refractivity contribution in [3.63, 3.8) is 0 Å². The second-order valence-electron chi connectivity index (χ2n) is 10.3. The molecule has 180 valence electrons. The number of benzene rings is 2. The molecule has 2 N–H and O–H groups in total. The molecule has 34 heavy (non-hydrogen) atoms. The molecule has 2 aliphatic rings. The Labute approximate surface area is 200 Å². The predicted molar refractivity (Wildman–Crippen MR) is 128 cm³/mol. The number of ether oxygens (including phenoxy) is 1. The number of aliphatic carboxylic acids is 1. The molecule has 2 aromatic rings. The zero-order valence-electron chi connectivity index (χ0n) is 20.1. The van der Waals surface area contributed by atoms with E-state index in [9.17, 15) is 19.5 Å². The van der Waals surface area contributed by atoms with Gasteiger partial charge < -0.3 is 20.1 Å². The summed E-state index contributed by atoms with van der Waals surface area (Å²) < 4.78 is 5.63. The largest absolute Gasteiger partial charge is 0.480 e. The smallest absolute Gasteiger partial charge is 0.407 e. The molecule has 0 spiro atoms. The van der Waals surface area contributed by atoms with Gasteiger partial charge in [0.15, 0.2) is 0 Å². The first-order chi connectivity index (χ1) is 16.1. The second kappa shape index (κ2) is 9.12. The molecule has 1 fully saturated rings. The van der Waals surface area contributed by atoms with Crippen LogP contribution in [0.4, 0.5) is 4.79 Å². The fourth-order valence-electron chi connectivity index (χ4n) is 5.18. The summed E-state index contributed by atoms with van der Waals surface area (Å²) in [7, 11) is 0. The second-order valence-corrected chi connectivity index (χ2v) is 10.3. The van der Waals surface area contributed by atoms with Crippen molar-refractivity contribution in [3.8, 4) is 11.1 Å². The van der Waals surface area contributed by atoms with E-state index in [1.807, 2.05) is 52.0 Å². The summed E-state index contributed by atoms with van der Waals surface area (Å²) in [6.07, 6.45) is -0.547. The number of likely N-dealkylation sites (tertiary alicyclic amines) is 1. The normalized spacial score (nSPS) is 19.1. The molecule has 1 aliphatic carbocycles. The highest BCUT2D eigenvalue weighted by Gasteiger charge is 2.52. The van der Waals surface area contributed by atoms with Gasteiger partial charge in [-0.1, -0.05) is 76.2 Å². The van der Waals surface area contributed by atoms with Crippen molar-refractivity contribution in [2.24, 2.45) is 11.3 Å². The lowest BCUT2D eigenvalue weighted by molar-refractivity contribution is -0.172. The molecule has 1 aliphatic heterocycles. The minimum atomic E-state index is -1.00. The fourth-order valence-corrected chi connectivity index (χ4v) is 5.18. The van der Waals surface area contributed by atoms with Gasteiger partial charge in [0.25, 0.3) is 0 Å². The molecule has 0 radical (unpaired) electrons. The molecule has 2 amide bonds. The molecule has 1 heterocycles. The van der Waals surface area contributed by atoms with Crippen molar-refractivity contribution < 1.29 is 24.2 Å². The van der Waals surface area contributed by atoms with E-state index in [2.05, 4.69) is 29.6 Å². The van der Waals surface area contributed by atoms with Crippen LogP contribution in [0.25, 0.3) is 11.1 Å². The van der Waals surface area contributed by atoms with Crippen molar-refractivity contribution in [2.75, 3.05) is 13.2 Å². The average Bonchev–Trinajstić information content (AvgIpc) is 3.09. The first-order valence-corrected chi connectivity index (χ1v) is 11.7. The van der Waals surface area contributed by atoms with E-state index in [-0.39, 0.29) is 30.8 Å². The van der Waals surface area contributed by atoms with Gasteiger partial charge in [0.05, 0.1) is 0 Å². The number of carboxylic acids is 1. The third-order valence-corrected chi connectivity index (χ3v) is 7.03. The summed E-state index contributed by atoms with van der Waals surface area (Å²) in [5.74, 6) is -1.35. The SMILES string of the molecule is CC(C)[C@H](CC(=O)N1CC(C)(C)C1C(=O)O)NC(=O)OCC1c2ccccc2-c2ccccc21. The number of rotatable bonds is 7. The first-order valence-electron chi connectivity index (χ1n) is 11.7. The number of amides is 2. The predicted octanol–water partition coefficient (Wildman–Crippen LogP) is 4.26. The molecule has 4 rings (SSSR count). The van der Waals surface area contributed by atoms with E-state index in [0.29, 0.717) is 6.54 Å². The van der Waals surface area contributed by atoms with Gasteiger partial charge in [0.2, 0.25) is 5.91 Å². The molecular weight excluding hydrogens is 432 g/mol. The highest BCUT2D eigenvalue weighted by molar-refractivity contribution is 5.87. The molecular formula is C27H32N2O5. The van der Waals surface area contributed by atoms with E-state index in [0.717, 1.165) is 22.3 Å². The van der Waals surface area contributed by atoms with Gasteiger partial charge in [0.1, 0.15) is 12.6 Å². The third-order valence-electron chi connectivity index (χ3n) is 7.03. The third kappa shape index (κ3) is 4.39. The summed E-state index contributed by atoms with van der Waals surface area (Å²) in [6, 6.07) is 15.0. The Morgan fingerprint density at radius 2 is 1.62 bits per heavy atom.